The lowest BCUT2D eigenvalue weighted by Crippen LogP contribution is -2.40. The van der Waals surface area contributed by atoms with E-state index < -0.39 is 22.5 Å². The van der Waals surface area contributed by atoms with Crippen molar-refractivity contribution < 1.29 is 26.9 Å². The lowest BCUT2D eigenvalue weighted by molar-refractivity contribution is -0.200. The van der Waals surface area contributed by atoms with E-state index in [1.807, 2.05) is 6.92 Å². The van der Waals surface area contributed by atoms with Crippen molar-refractivity contribution in [2.45, 2.75) is 56.0 Å². The summed E-state index contributed by atoms with van der Waals surface area (Å²) in [5.41, 5.74) is 1.71. The SMILES string of the molecule is COC1C[C@@H](OS(=O)(=O)c2ccc(C)cc2)C[C@@H](CCNC(=O)Cc2ccc(Cl)c(Cl)c2)O1. The summed E-state index contributed by atoms with van der Waals surface area (Å²) in [6.45, 7) is 2.24. The number of amides is 1. The standard InChI is InChI=1S/C23H27Cl2NO6S/c1-15-3-6-19(7-4-15)33(28,29)32-18-13-17(31-23(14-18)30-2)9-10-26-22(27)12-16-5-8-20(24)21(25)11-16/h3-8,11,17-18,23H,9-10,12-14H2,1-2H3,(H,26,27)/t17-,18+,23?/m1/s1. The molecule has 0 aromatic heterocycles. The maximum Gasteiger partial charge on any atom is 0.297 e. The number of carbonyl (C=O) groups is 1. The van der Waals surface area contributed by atoms with Crippen LogP contribution in [0.3, 0.4) is 0 Å². The first-order valence-electron chi connectivity index (χ1n) is 10.5. The summed E-state index contributed by atoms with van der Waals surface area (Å²) in [6, 6.07) is 11.6. The zero-order valence-corrected chi connectivity index (χ0v) is 20.8. The highest BCUT2D eigenvalue weighted by molar-refractivity contribution is 7.86. The number of carbonyl (C=O) groups excluding carboxylic acids is 1. The Hall–Kier alpha value is -1.68. The monoisotopic (exact) mass is 515 g/mol. The van der Waals surface area contributed by atoms with Gasteiger partial charge < -0.3 is 14.8 Å². The van der Waals surface area contributed by atoms with Crippen LogP contribution in [-0.4, -0.2) is 46.5 Å². The summed E-state index contributed by atoms with van der Waals surface area (Å²) in [4.78, 5) is 12.4. The lowest BCUT2D eigenvalue weighted by Gasteiger charge is -2.34. The van der Waals surface area contributed by atoms with Gasteiger partial charge in [0.15, 0.2) is 6.29 Å². The Morgan fingerprint density at radius 3 is 2.52 bits per heavy atom. The number of rotatable bonds is 9. The lowest BCUT2D eigenvalue weighted by atomic mass is 10.0. The van der Waals surface area contributed by atoms with Gasteiger partial charge in [-0.05, 0) is 43.2 Å². The van der Waals surface area contributed by atoms with E-state index in [0.29, 0.717) is 35.9 Å². The van der Waals surface area contributed by atoms with Gasteiger partial charge in [0.2, 0.25) is 5.91 Å². The maximum atomic E-state index is 12.7. The van der Waals surface area contributed by atoms with Crippen LogP contribution in [0.15, 0.2) is 47.4 Å². The zero-order valence-electron chi connectivity index (χ0n) is 18.4. The van der Waals surface area contributed by atoms with E-state index in [4.69, 9.17) is 36.9 Å². The number of ether oxygens (including phenoxy) is 2. The second-order valence-corrected chi connectivity index (χ2v) is 10.3. The molecule has 0 bridgehead atoms. The van der Waals surface area contributed by atoms with E-state index in [1.54, 1.807) is 30.3 Å². The third-order valence-corrected chi connectivity index (χ3v) is 7.41. The number of nitrogens with one attached hydrogen (secondary N) is 1. The van der Waals surface area contributed by atoms with Crippen LogP contribution >= 0.6 is 23.2 Å². The minimum atomic E-state index is -3.91. The van der Waals surface area contributed by atoms with Crippen LogP contribution in [0.1, 0.15) is 30.4 Å². The van der Waals surface area contributed by atoms with Gasteiger partial charge in [-0.1, -0.05) is 47.0 Å². The van der Waals surface area contributed by atoms with Crippen molar-refractivity contribution in [3.8, 4) is 0 Å². The minimum Gasteiger partial charge on any atom is -0.356 e. The minimum absolute atomic E-state index is 0.111. The molecule has 1 aliphatic rings. The maximum absolute atomic E-state index is 12.7. The third kappa shape index (κ3) is 7.67. The predicted octanol–water partition coefficient (Wildman–Crippen LogP) is 4.28. The molecule has 1 saturated heterocycles. The first-order chi connectivity index (χ1) is 15.7. The Balaban J connectivity index is 1.52. The molecule has 33 heavy (non-hydrogen) atoms. The summed E-state index contributed by atoms with van der Waals surface area (Å²) in [5, 5.41) is 3.68. The molecular formula is C23H27Cl2NO6S. The third-order valence-electron chi connectivity index (χ3n) is 5.30. The Kier molecular flexibility index (Phi) is 9.15. The van der Waals surface area contributed by atoms with Gasteiger partial charge >= 0.3 is 0 Å². The van der Waals surface area contributed by atoms with E-state index >= 15 is 0 Å². The summed E-state index contributed by atoms with van der Waals surface area (Å²) in [5.74, 6) is -0.165. The number of halogens is 2. The summed E-state index contributed by atoms with van der Waals surface area (Å²) >= 11 is 11.9. The fraction of sp³-hybridized carbons (Fsp3) is 0.435. The Morgan fingerprint density at radius 2 is 1.85 bits per heavy atom. The topological polar surface area (TPSA) is 90.9 Å². The van der Waals surface area contributed by atoms with Crippen LogP contribution in [0.2, 0.25) is 10.0 Å². The van der Waals surface area contributed by atoms with Gasteiger partial charge in [0.1, 0.15) is 0 Å². The molecule has 7 nitrogen and oxygen atoms in total. The van der Waals surface area contributed by atoms with Gasteiger partial charge in [-0.3, -0.25) is 8.98 Å². The molecule has 2 aromatic carbocycles. The predicted molar refractivity (Wildman–Crippen MR) is 126 cm³/mol. The zero-order chi connectivity index (χ0) is 24.0. The molecule has 0 spiro atoms. The molecule has 180 valence electrons. The first kappa shape index (κ1) is 25.9. The van der Waals surface area contributed by atoms with Crippen molar-refractivity contribution >= 4 is 39.2 Å². The number of methoxy groups -OCH3 is 1. The van der Waals surface area contributed by atoms with E-state index in [9.17, 15) is 13.2 Å². The van der Waals surface area contributed by atoms with E-state index in [-0.39, 0.29) is 23.3 Å². The van der Waals surface area contributed by atoms with Gasteiger partial charge in [0, 0.05) is 26.5 Å². The van der Waals surface area contributed by atoms with E-state index in [2.05, 4.69) is 5.32 Å². The molecule has 2 aromatic rings. The average Bonchev–Trinajstić information content (AvgIpc) is 2.76. The van der Waals surface area contributed by atoms with Crippen LogP contribution in [0.5, 0.6) is 0 Å². The molecule has 1 unspecified atom stereocenters. The fourth-order valence-electron chi connectivity index (χ4n) is 3.56. The molecule has 1 N–H and O–H groups in total. The van der Waals surface area contributed by atoms with Crippen LogP contribution in [0.25, 0.3) is 0 Å². The summed E-state index contributed by atoms with van der Waals surface area (Å²) in [6.07, 6.45) is -0.191. The molecular weight excluding hydrogens is 489 g/mol. The van der Waals surface area contributed by atoms with Crippen LogP contribution in [0, 0.1) is 6.92 Å². The Labute approximate surface area is 204 Å². The smallest absolute Gasteiger partial charge is 0.297 e. The molecule has 1 amide bonds. The number of hydrogen-bond acceptors (Lipinski definition) is 6. The highest BCUT2D eigenvalue weighted by atomic mass is 35.5. The van der Waals surface area contributed by atoms with E-state index in [1.165, 1.54) is 19.2 Å². The highest BCUT2D eigenvalue weighted by Gasteiger charge is 2.33. The van der Waals surface area contributed by atoms with Crippen molar-refractivity contribution in [1.82, 2.24) is 5.32 Å². The van der Waals surface area contributed by atoms with Gasteiger partial charge in [-0.25, -0.2) is 0 Å². The van der Waals surface area contributed by atoms with Gasteiger partial charge in [-0.2, -0.15) is 8.42 Å². The molecule has 0 saturated carbocycles. The van der Waals surface area contributed by atoms with Crippen LogP contribution in [0.4, 0.5) is 0 Å². The van der Waals surface area contributed by atoms with Crippen molar-refractivity contribution in [3.63, 3.8) is 0 Å². The van der Waals surface area contributed by atoms with E-state index in [0.717, 1.165) is 11.1 Å². The normalized spacial score (nSPS) is 21.0. The number of aryl methyl sites for hydroxylation is 1. The van der Waals surface area contributed by atoms with Gasteiger partial charge in [0.05, 0.1) is 33.6 Å². The number of benzene rings is 2. The van der Waals surface area contributed by atoms with Crippen molar-refractivity contribution in [1.29, 1.82) is 0 Å². The molecule has 1 aliphatic heterocycles. The molecule has 10 heteroatoms. The van der Waals surface area contributed by atoms with Gasteiger partial charge in [0.25, 0.3) is 10.1 Å². The molecule has 3 atom stereocenters. The molecule has 1 heterocycles. The second-order valence-electron chi connectivity index (χ2n) is 7.94. The van der Waals surface area contributed by atoms with Crippen LogP contribution < -0.4 is 5.32 Å². The molecule has 0 aliphatic carbocycles. The quantitative estimate of drug-likeness (QED) is 0.501. The highest BCUT2D eigenvalue weighted by Crippen LogP contribution is 2.28. The van der Waals surface area contributed by atoms with Crippen molar-refractivity contribution in [3.05, 3.63) is 63.6 Å². The van der Waals surface area contributed by atoms with Crippen molar-refractivity contribution in [2.24, 2.45) is 0 Å². The Morgan fingerprint density at radius 1 is 1.12 bits per heavy atom. The summed E-state index contributed by atoms with van der Waals surface area (Å²) in [7, 11) is -2.41. The molecule has 3 rings (SSSR count). The Bertz CT molecular complexity index is 1060. The first-order valence-corrected chi connectivity index (χ1v) is 12.7. The fourth-order valence-corrected chi connectivity index (χ4v) is 4.97. The van der Waals surface area contributed by atoms with Crippen LogP contribution in [-0.2, 0) is 35.0 Å². The second kappa shape index (κ2) is 11.6. The summed E-state index contributed by atoms with van der Waals surface area (Å²) < 4.78 is 42.0. The van der Waals surface area contributed by atoms with Gasteiger partial charge in [-0.15, -0.1) is 0 Å². The molecule has 0 radical (unpaired) electrons. The van der Waals surface area contributed by atoms with Crippen molar-refractivity contribution in [2.75, 3.05) is 13.7 Å². The molecule has 1 fully saturated rings. The number of hydrogen-bond donors (Lipinski definition) is 1. The average molecular weight is 516 g/mol. The largest absolute Gasteiger partial charge is 0.356 e.